The molecule has 0 radical (unpaired) electrons. The van der Waals surface area contributed by atoms with Crippen LogP contribution in [0.4, 0.5) is 5.69 Å². The monoisotopic (exact) mass is 547 g/mol. The number of benzene rings is 2. The van der Waals surface area contributed by atoms with Crippen LogP contribution in [0.15, 0.2) is 42.5 Å². The van der Waals surface area contributed by atoms with E-state index >= 15 is 0 Å². The summed E-state index contributed by atoms with van der Waals surface area (Å²) in [7, 11) is -3.88. The Morgan fingerprint density at radius 1 is 1.03 bits per heavy atom. The topological polar surface area (TPSA) is 86.8 Å². The van der Waals surface area contributed by atoms with Crippen LogP contribution in [0.5, 0.6) is 0 Å². The number of carbonyl (C=O) groups excluding carboxylic acids is 2. The lowest BCUT2D eigenvalue weighted by Crippen LogP contribution is -2.51. The number of sulfonamides is 1. The van der Waals surface area contributed by atoms with E-state index in [-0.39, 0.29) is 23.2 Å². The lowest BCUT2D eigenvalue weighted by atomic mass is 10.1. The predicted molar refractivity (Wildman–Crippen MR) is 138 cm³/mol. The minimum atomic E-state index is -3.88. The van der Waals surface area contributed by atoms with Gasteiger partial charge in [0.1, 0.15) is 12.6 Å². The van der Waals surface area contributed by atoms with Gasteiger partial charge in [-0.3, -0.25) is 13.9 Å². The Morgan fingerprint density at radius 2 is 1.65 bits per heavy atom. The molecule has 7 nitrogen and oxygen atoms in total. The Kier molecular flexibility index (Phi) is 10.5. The van der Waals surface area contributed by atoms with E-state index in [4.69, 9.17) is 34.8 Å². The average molecular weight is 549 g/mol. The molecule has 0 spiro atoms. The van der Waals surface area contributed by atoms with Gasteiger partial charge in [0.15, 0.2) is 0 Å². The summed E-state index contributed by atoms with van der Waals surface area (Å²) < 4.78 is 26.0. The fourth-order valence-corrected chi connectivity index (χ4v) is 4.73. The van der Waals surface area contributed by atoms with Gasteiger partial charge in [0.2, 0.25) is 21.8 Å². The molecule has 2 amide bonds. The van der Waals surface area contributed by atoms with Gasteiger partial charge in [-0.2, -0.15) is 0 Å². The average Bonchev–Trinajstić information content (AvgIpc) is 2.76. The zero-order valence-corrected chi connectivity index (χ0v) is 22.3. The van der Waals surface area contributed by atoms with Crippen LogP contribution in [0.3, 0.4) is 0 Å². The van der Waals surface area contributed by atoms with Crippen LogP contribution in [0.25, 0.3) is 0 Å². The highest BCUT2D eigenvalue weighted by Gasteiger charge is 2.30. The second-order valence-electron chi connectivity index (χ2n) is 7.83. The van der Waals surface area contributed by atoms with Crippen LogP contribution in [-0.4, -0.2) is 50.5 Å². The largest absolute Gasteiger partial charge is 0.354 e. The summed E-state index contributed by atoms with van der Waals surface area (Å²) in [5, 5.41) is 3.77. The molecular formula is C23H28Cl3N3O4S. The van der Waals surface area contributed by atoms with Crippen molar-refractivity contribution in [2.24, 2.45) is 0 Å². The molecule has 2 aromatic carbocycles. The molecule has 1 atom stereocenters. The van der Waals surface area contributed by atoms with E-state index in [2.05, 4.69) is 5.32 Å². The van der Waals surface area contributed by atoms with Gasteiger partial charge in [-0.15, -0.1) is 0 Å². The number of carbonyl (C=O) groups is 2. The highest BCUT2D eigenvalue weighted by Crippen LogP contribution is 2.30. The number of nitrogens with one attached hydrogen (secondary N) is 1. The van der Waals surface area contributed by atoms with Gasteiger partial charge in [0, 0.05) is 23.1 Å². The lowest BCUT2D eigenvalue weighted by Gasteiger charge is -2.31. The molecule has 0 bridgehead atoms. The van der Waals surface area contributed by atoms with Gasteiger partial charge in [-0.05, 0) is 49.2 Å². The number of rotatable bonds is 11. The number of halogens is 3. The van der Waals surface area contributed by atoms with Gasteiger partial charge >= 0.3 is 0 Å². The van der Waals surface area contributed by atoms with Crippen LogP contribution in [0.1, 0.15) is 32.3 Å². The molecule has 186 valence electrons. The zero-order chi connectivity index (χ0) is 25.5. The summed E-state index contributed by atoms with van der Waals surface area (Å²) in [4.78, 5) is 27.5. The van der Waals surface area contributed by atoms with Gasteiger partial charge in [0.25, 0.3) is 0 Å². The number of nitrogens with zero attached hydrogens (tertiary/aromatic N) is 2. The summed E-state index contributed by atoms with van der Waals surface area (Å²) in [6.07, 6.45) is 2.70. The van der Waals surface area contributed by atoms with E-state index < -0.39 is 28.5 Å². The summed E-state index contributed by atoms with van der Waals surface area (Å²) in [6, 6.07) is 10.3. The van der Waals surface area contributed by atoms with Crippen molar-refractivity contribution in [2.75, 3.05) is 23.7 Å². The van der Waals surface area contributed by atoms with Crippen molar-refractivity contribution in [2.45, 2.75) is 39.3 Å². The van der Waals surface area contributed by atoms with E-state index in [1.807, 2.05) is 6.92 Å². The smallest absolute Gasteiger partial charge is 0.244 e. The Hall–Kier alpha value is -2.00. The molecule has 0 aliphatic heterocycles. The normalized spacial score (nSPS) is 12.2. The minimum absolute atomic E-state index is 0.0836. The quantitative estimate of drug-likeness (QED) is 0.411. The van der Waals surface area contributed by atoms with Crippen molar-refractivity contribution in [3.63, 3.8) is 0 Å². The number of anilines is 1. The summed E-state index contributed by atoms with van der Waals surface area (Å²) in [6.45, 7) is 3.64. The van der Waals surface area contributed by atoms with E-state index in [1.54, 1.807) is 31.2 Å². The van der Waals surface area contributed by atoms with Crippen molar-refractivity contribution in [1.82, 2.24) is 10.2 Å². The van der Waals surface area contributed by atoms with E-state index in [0.29, 0.717) is 16.6 Å². The van der Waals surface area contributed by atoms with E-state index in [9.17, 15) is 18.0 Å². The minimum Gasteiger partial charge on any atom is -0.354 e. The molecule has 34 heavy (non-hydrogen) atoms. The highest BCUT2D eigenvalue weighted by molar-refractivity contribution is 7.92. The van der Waals surface area contributed by atoms with Crippen molar-refractivity contribution < 1.29 is 18.0 Å². The van der Waals surface area contributed by atoms with Crippen LogP contribution in [-0.2, 0) is 26.2 Å². The molecule has 2 rings (SSSR count). The molecule has 0 saturated heterocycles. The first-order valence-electron chi connectivity index (χ1n) is 10.7. The maximum atomic E-state index is 13.4. The van der Waals surface area contributed by atoms with Crippen molar-refractivity contribution >= 4 is 62.3 Å². The third kappa shape index (κ3) is 8.05. The SMILES string of the molecule is CCCCNC(=O)[C@H](C)N(Cc1ccc(Cl)cc1)C(=O)CN(c1ccc(Cl)cc1Cl)S(C)(=O)=O. The van der Waals surface area contributed by atoms with Gasteiger partial charge in [-0.1, -0.05) is 60.3 Å². The van der Waals surface area contributed by atoms with Crippen LogP contribution in [0, 0.1) is 0 Å². The highest BCUT2D eigenvalue weighted by atomic mass is 35.5. The van der Waals surface area contributed by atoms with E-state index in [1.165, 1.54) is 23.1 Å². The number of hydrogen-bond donors (Lipinski definition) is 1. The first kappa shape index (κ1) is 28.2. The van der Waals surface area contributed by atoms with Crippen LogP contribution >= 0.6 is 34.8 Å². The third-order valence-corrected chi connectivity index (χ3v) is 7.04. The fourth-order valence-electron chi connectivity index (χ4n) is 3.18. The first-order chi connectivity index (χ1) is 15.9. The molecule has 0 aromatic heterocycles. The zero-order valence-electron chi connectivity index (χ0n) is 19.2. The Labute approximate surface area is 216 Å². The van der Waals surface area contributed by atoms with Gasteiger partial charge in [0.05, 0.1) is 17.0 Å². The number of unbranched alkanes of at least 4 members (excludes halogenated alkanes) is 1. The van der Waals surface area contributed by atoms with Crippen molar-refractivity contribution in [1.29, 1.82) is 0 Å². The lowest BCUT2D eigenvalue weighted by molar-refractivity contribution is -0.139. The Balaban J connectivity index is 2.37. The summed E-state index contributed by atoms with van der Waals surface area (Å²) in [5.74, 6) is -0.893. The molecule has 2 aromatic rings. The maximum absolute atomic E-state index is 13.4. The van der Waals surface area contributed by atoms with Crippen molar-refractivity contribution in [3.05, 3.63) is 63.1 Å². The number of amides is 2. The Morgan fingerprint density at radius 3 is 2.21 bits per heavy atom. The molecule has 0 unspecified atom stereocenters. The molecule has 0 heterocycles. The van der Waals surface area contributed by atoms with Crippen molar-refractivity contribution in [3.8, 4) is 0 Å². The molecule has 0 fully saturated rings. The fraction of sp³-hybridized carbons (Fsp3) is 0.391. The standard InChI is InChI=1S/C23H28Cl3N3O4S/c1-4-5-12-27-23(31)16(2)28(14-17-6-8-18(24)9-7-17)22(30)15-29(34(3,32)33)21-11-10-19(25)13-20(21)26/h6-11,13,16H,4-5,12,14-15H2,1-3H3,(H,27,31)/t16-/m0/s1. The molecule has 0 aliphatic rings. The van der Waals surface area contributed by atoms with Crippen LogP contribution in [0.2, 0.25) is 15.1 Å². The second-order valence-corrected chi connectivity index (χ2v) is 11.0. The molecule has 0 aliphatic carbocycles. The summed E-state index contributed by atoms with van der Waals surface area (Å²) >= 11 is 18.1. The van der Waals surface area contributed by atoms with Gasteiger partial charge in [-0.25, -0.2) is 8.42 Å². The summed E-state index contributed by atoms with van der Waals surface area (Å²) in [5.41, 5.74) is 0.856. The number of hydrogen-bond acceptors (Lipinski definition) is 4. The maximum Gasteiger partial charge on any atom is 0.244 e. The molecule has 1 N–H and O–H groups in total. The third-order valence-electron chi connectivity index (χ3n) is 5.12. The van der Waals surface area contributed by atoms with Crippen LogP contribution < -0.4 is 9.62 Å². The predicted octanol–water partition coefficient (Wildman–Crippen LogP) is 4.75. The van der Waals surface area contributed by atoms with E-state index in [0.717, 1.165) is 29.0 Å². The van der Waals surface area contributed by atoms with Gasteiger partial charge < -0.3 is 10.2 Å². The molecular weight excluding hydrogens is 521 g/mol. The second kappa shape index (κ2) is 12.6. The molecule has 11 heteroatoms. The molecule has 0 saturated carbocycles. The Bertz CT molecular complexity index is 1110. The first-order valence-corrected chi connectivity index (χ1v) is 13.7.